The number of rotatable bonds is 9. The zero-order chi connectivity index (χ0) is 31.4. The highest BCUT2D eigenvalue weighted by Crippen LogP contribution is 2.37. The fraction of sp³-hybridized carbons (Fsp3) is 0.455. The van der Waals surface area contributed by atoms with E-state index in [2.05, 4.69) is 15.8 Å². The predicted molar refractivity (Wildman–Crippen MR) is 169 cm³/mol. The Morgan fingerprint density at radius 3 is 2.64 bits per heavy atom. The van der Waals surface area contributed by atoms with Gasteiger partial charge < -0.3 is 29.2 Å². The SMILES string of the molecule is Cc1onc2c1c(=O)n([C@@H]1CCC[C@H](CNC(=O)[C@H](COCc3ccccc3)NC(=O)OC(C)(C)C)C1)c1cccc(Cl)c21. The number of ether oxygens (including phenoxy) is 2. The number of alkyl carbamates (subject to hydrolysis) is 1. The molecule has 2 aromatic heterocycles. The Morgan fingerprint density at radius 2 is 1.89 bits per heavy atom. The predicted octanol–water partition coefficient (Wildman–Crippen LogP) is 6.06. The normalized spacial score (nSPS) is 17.8. The zero-order valence-corrected chi connectivity index (χ0v) is 26.3. The Bertz CT molecular complexity index is 1690. The third kappa shape index (κ3) is 7.25. The van der Waals surface area contributed by atoms with Crippen LogP contribution in [0.25, 0.3) is 21.8 Å². The van der Waals surface area contributed by atoms with Crippen molar-refractivity contribution in [1.82, 2.24) is 20.4 Å². The molecule has 0 unspecified atom stereocenters. The van der Waals surface area contributed by atoms with Gasteiger partial charge in [-0.1, -0.05) is 59.6 Å². The maximum atomic E-state index is 13.8. The summed E-state index contributed by atoms with van der Waals surface area (Å²) in [5.74, 6) is 0.214. The van der Waals surface area contributed by atoms with Gasteiger partial charge in [-0.2, -0.15) is 0 Å². The molecule has 1 aliphatic rings. The molecule has 0 aliphatic heterocycles. The third-order valence-corrected chi connectivity index (χ3v) is 8.19. The molecule has 1 fully saturated rings. The quantitative estimate of drug-likeness (QED) is 0.232. The lowest BCUT2D eigenvalue weighted by molar-refractivity contribution is -0.125. The summed E-state index contributed by atoms with van der Waals surface area (Å²) in [7, 11) is 0. The molecular formula is C33H39ClN4O6. The zero-order valence-electron chi connectivity index (χ0n) is 25.5. The summed E-state index contributed by atoms with van der Waals surface area (Å²) in [4.78, 5) is 39.7. The topological polar surface area (TPSA) is 125 Å². The number of nitrogens with one attached hydrogen (secondary N) is 2. The lowest BCUT2D eigenvalue weighted by Gasteiger charge is -2.32. The molecule has 3 atom stereocenters. The van der Waals surface area contributed by atoms with Crippen molar-refractivity contribution < 1.29 is 23.6 Å². The van der Waals surface area contributed by atoms with E-state index in [9.17, 15) is 14.4 Å². The molecule has 1 aliphatic carbocycles. The van der Waals surface area contributed by atoms with Crippen LogP contribution >= 0.6 is 11.6 Å². The smallest absolute Gasteiger partial charge is 0.408 e. The number of carbonyl (C=O) groups is 2. The van der Waals surface area contributed by atoms with E-state index in [0.717, 1.165) is 30.3 Å². The van der Waals surface area contributed by atoms with Gasteiger partial charge >= 0.3 is 6.09 Å². The van der Waals surface area contributed by atoms with E-state index in [4.69, 9.17) is 25.6 Å². The van der Waals surface area contributed by atoms with Gasteiger partial charge in [0.2, 0.25) is 5.91 Å². The van der Waals surface area contributed by atoms with Crippen molar-refractivity contribution in [3.63, 3.8) is 0 Å². The fourth-order valence-electron chi connectivity index (χ4n) is 5.89. The molecule has 2 heterocycles. The van der Waals surface area contributed by atoms with Crippen LogP contribution < -0.4 is 16.2 Å². The molecule has 2 aromatic carbocycles. The van der Waals surface area contributed by atoms with E-state index in [1.54, 1.807) is 33.8 Å². The summed E-state index contributed by atoms with van der Waals surface area (Å²) in [6, 6.07) is 14.1. The van der Waals surface area contributed by atoms with Crippen LogP contribution in [0.4, 0.5) is 4.79 Å². The highest BCUT2D eigenvalue weighted by molar-refractivity contribution is 6.37. The Labute approximate surface area is 261 Å². The molecule has 0 bridgehead atoms. The summed E-state index contributed by atoms with van der Waals surface area (Å²) in [6.07, 6.45) is 2.60. The van der Waals surface area contributed by atoms with Gasteiger partial charge in [0.25, 0.3) is 5.56 Å². The monoisotopic (exact) mass is 622 g/mol. The number of carbonyl (C=O) groups excluding carboxylic acids is 2. The number of hydrogen-bond donors (Lipinski definition) is 2. The van der Waals surface area contributed by atoms with Crippen molar-refractivity contribution in [1.29, 1.82) is 0 Å². The van der Waals surface area contributed by atoms with Gasteiger partial charge in [-0.05, 0) is 70.6 Å². The molecule has 11 heteroatoms. The molecule has 10 nitrogen and oxygen atoms in total. The molecule has 0 spiro atoms. The van der Waals surface area contributed by atoms with Gasteiger partial charge in [-0.25, -0.2) is 4.79 Å². The Hall–Kier alpha value is -3.89. The van der Waals surface area contributed by atoms with Crippen LogP contribution in [0.3, 0.4) is 0 Å². The van der Waals surface area contributed by atoms with Gasteiger partial charge in [-0.3, -0.25) is 9.59 Å². The molecule has 4 aromatic rings. The van der Waals surface area contributed by atoms with Crippen molar-refractivity contribution >= 4 is 45.4 Å². The van der Waals surface area contributed by atoms with Gasteiger partial charge in [0.15, 0.2) is 0 Å². The number of aromatic nitrogens is 2. The largest absolute Gasteiger partial charge is 0.444 e. The summed E-state index contributed by atoms with van der Waals surface area (Å²) in [5.41, 5.74) is 1.28. The van der Waals surface area contributed by atoms with Crippen LogP contribution in [0.1, 0.15) is 63.8 Å². The highest BCUT2D eigenvalue weighted by atomic mass is 35.5. The number of fused-ring (bicyclic) bond motifs is 3. The molecular weight excluding hydrogens is 584 g/mol. The molecule has 44 heavy (non-hydrogen) atoms. The second kappa shape index (κ2) is 13.4. The number of benzene rings is 2. The number of pyridine rings is 1. The first-order valence-electron chi connectivity index (χ1n) is 15.0. The van der Waals surface area contributed by atoms with Gasteiger partial charge in [0.05, 0.1) is 23.8 Å². The van der Waals surface area contributed by atoms with Crippen LogP contribution in [0.15, 0.2) is 57.8 Å². The van der Waals surface area contributed by atoms with Crippen molar-refractivity contribution in [2.45, 2.75) is 77.7 Å². The van der Waals surface area contributed by atoms with Crippen LogP contribution in [0, 0.1) is 12.8 Å². The van der Waals surface area contributed by atoms with Crippen molar-refractivity contribution in [3.05, 3.63) is 75.2 Å². The first-order valence-corrected chi connectivity index (χ1v) is 15.4. The van der Waals surface area contributed by atoms with Crippen LogP contribution in [-0.2, 0) is 20.9 Å². The molecule has 2 N–H and O–H groups in total. The van der Waals surface area contributed by atoms with Gasteiger partial charge in [0, 0.05) is 18.0 Å². The molecule has 234 valence electrons. The standard InChI is InChI=1S/C33H39ClN4O6/c1-20-27-29(37-44-20)28-24(34)14-9-15-26(28)38(31(27)40)23-13-8-12-22(16-23)17-35-30(39)25(36-32(41)43-33(2,3)4)19-42-18-21-10-6-5-7-11-21/h5-7,9-11,14-15,22-23,25H,8,12-13,16-19H2,1-4H3,(H,35,39)(H,36,41)/t22-,23+,25-/m0/s1. The second-order valence-electron chi connectivity index (χ2n) is 12.4. The maximum absolute atomic E-state index is 13.8. The van der Waals surface area contributed by atoms with Crippen LogP contribution in [0.5, 0.6) is 0 Å². The fourth-order valence-corrected chi connectivity index (χ4v) is 6.15. The molecule has 5 rings (SSSR count). The number of aryl methyl sites for hydroxylation is 1. The minimum atomic E-state index is -0.944. The number of halogens is 1. The van der Waals surface area contributed by atoms with Crippen LogP contribution in [0.2, 0.25) is 5.02 Å². The van der Waals surface area contributed by atoms with Gasteiger partial charge in [-0.15, -0.1) is 0 Å². The number of amides is 2. The summed E-state index contributed by atoms with van der Waals surface area (Å²) >= 11 is 6.60. The number of hydrogen-bond acceptors (Lipinski definition) is 7. The Morgan fingerprint density at radius 1 is 1.11 bits per heavy atom. The molecule has 0 saturated heterocycles. The maximum Gasteiger partial charge on any atom is 0.408 e. The average molecular weight is 623 g/mol. The molecule has 2 amide bonds. The van der Waals surface area contributed by atoms with Crippen molar-refractivity contribution in [3.8, 4) is 0 Å². The summed E-state index contributed by atoms with van der Waals surface area (Å²) < 4.78 is 18.4. The average Bonchev–Trinajstić information content (AvgIpc) is 3.37. The first kappa shape index (κ1) is 31.5. The van der Waals surface area contributed by atoms with E-state index >= 15 is 0 Å². The van der Waals surface area contributed by atoms with E-state index in [1.165, 1.54) is 0 Å². The van der Waals surface area contributed by atoms with Crippen molar-refractivity contribution in [2.24, 2.45) is 5.92 Å². The third-order valence-electron chi connectivity index (χ3n) is 7.87. The Balaban J connectivity index is 1.29. The lowest BCUT2D eigenvalue weighted by atomic mass is 9.85. The second-order valence-corrected chi connectivity index (χ2v) is 12.8. The molecule has 0 radical (unpaired) electrons. The minimum absolute atomic E-state index is 0.0203. The summed E-state index contributed by atoms with van der Waals surface area (Å²) in [5, 5.41) is 11.5. The molecule has 1 saturated carbocycles. The van der Waals surface area contributed by atoms with Gasteiger partial charge in [0.1, 0.15) is 28.3 Å². The van der Waals surface area contributed by atoms with E-state index in [1.807, 2.05) is 47.0 Å². The lowest BCUT2D eigenvalue weighted by Crippen LogP contribution is -2.51. The van der Waals surface area contributed by atoms with E-state index in [0.29, 0.717) is 46.6 Å². The Kier molecular flexibility index (Phi) is 9.60. The summed E-state index contributed by atoms with van der Waals surface area (Å²) in [6.45, 7) is 7.69. The highest BCUT2D eigenvalue weighted by Gasteiger charge is 2.30. The van der Waals surface area contributed by atoms with Crippen LogP contribution in [-0.4, -0.2) is 46.5 Å². The van der Waals surface area contributed by atoms with E-state index < -0.39 is 17.7 Å². The van der Waals surface area contributed by atoms with E-state index in [-0.39, 0.29) is 30.0 Å². The number of nitrogens with zero attached hydrogens (tertiary/aromatic N) is 2. The minimum Gasteiger partial charge on any atom is -0.444 e. The first-order chi connectivity index (χ1) is 21.0. The van der Waals surface area contributed by atoms with Crippen molar-refractivity contribution in [2.75, 3.05) is 13.2 Å².